The Bertz CT molecular complexity index is 608. The van der Waals surface area contributed by atoms with Crippen LogP contribution in [0.25, 0.3) is 0 Å². The molecule has 7 nitrogen and oxygen atoms in total. The van der Waals surface area contributed by atoms with Gasteiger partial charge in [0.25, 0.3) is 11.6 Å². The van der Waals surface area contributed by atoms with Gasteiger partial charge < -0.3 is 9.64 Å². The number of amides is 1. The summed E-state index contributed by atoms with van der Waals surface area (Å²) in [7, 11) is 0. The number of carbonyl (C=O) groups excluding carboxylic acids is 2. The van der Waals surface area contributed by atoms with Crippen LogP contribution < -0.4 is 0 Å². The first-order chi connectivity index (χ1) is 11.6. The number of benzene rings is 1. The molecular formula is C17H24N2O5S. The highest BCUT2D eigenvalue weighted by Gasteiger charge is 2.23. The minimum absolute atomic E-state index is 0.00682. The second-order valence-corrected chi connectivity index (χ2v) is 7.52. The van der Waals surface area contributed by atoms with Crippen molar-refractivity contribution in [3.05, 3.63) is 34.4 Å². The van der Waals surface area contributed by atoms with Crippen LogP contribution in [0, 0.1) is 10.1 Å². The van der Waals surface area contributed by atoms with Crippen LogP contribution in [0.15, 0.2) is 29.2 Å². The SMILES string of the molecule is CC(C)N(C(=O)COC(=O)[C@@H](C)Sc1ccc([N+](=O)[O-])cc1)C(C)C. The van der Waals surface area contributed by atoms with E-state index in [1.54, 1.807) is 24.0 Å². The predicted octanol–water partition coefficient (Wildman–Crippen LogP) is 3.26. The van der Waals surface area contributed by atoms with Gasteiger partial charge in [-0.05, 0) is 46.8 Å². The Morgan fingerprint density at radius 1 is 1.12 bits per heavy atom. The number of nitro groups is 1. The standard InChI is InChI=1S/C17H24N2O5S/c1-11(2)18(12(3)4)16(20)10-24-17(21)13(5)25-15-8-6-14(7-9-15)19(22)23/h6-9,11-13H,10H2,1-5H3/t13-/m1/s1. The van der Waals surface area contributed by atoms with Gasteiger partial charge in [0.1, 0.15) is 5.25 Å². The molecule has 1 amide bonds. The van der Waals surface area contributed by atoms with Crippen molar-refractivity contribution >= 4 is 29.3 Å². The summed E-state index contributed by atoms with van der Waals surface area (Å²) in [5.41, 5.74) is -0.00682. The van der Waals surface area contributed by atoms with E-state index in [0.29, 0.717) is 4.90 Å². The number of esters is 1. The van der Waals surface area contributed by atoms with E-state index in [1.165, 1.54) is 23.9 Å². The van der Waals surface area contributed by atoms with Gasteiger partial charge in [0.15, 0.2) is 6.61 Å². The predicted molar refractivity (Wildman–Crippen MR) is 96.5 cm³/mol. The Hall–Kier alpha value is -2.09. The number of carbonyl (C=O) groups is 2. The maximum Gasteiger partial charge on any atom is 0.319 e. The summed E-state index contributed by atoms with van der Waals surface area (Å²) in [5, 5.41) is 10.1. The van der Waals surface area contributed by atoms with Crippen molar-refractivity contribution in [1.29, 1.82) is 0 Å². The van der Waals surface area contributed by atoms with Crippen LogP contribution in [0.5, 0.6) is 0 Å². The molecule has 1 aromatic carbocycles. The van der Waals surface area contributed by atoms with Crippen molar-refractivity contribution in [2.24, 2.45) is 0 Å². The van der Waals surface area contributed by atoms with Crippen LogP contribution in [-0.4, -0.2) is 45.6 Å². The number of hydrogen-bond donors (Lipinski definition) is 0. The van der Waals surface area contributed by atoms with E-state index < -0.39 is 16.1 Å². The Morgan fingerprint density at radius 2 is 1.64 bits per heavy atom. The third-order valence-electron chi connectivity index (χ3n) is 3.43. The largest absolute Gasteiger partial charge is 0.455 e. The van der Waals surface area contributed by atoms with Crippen LogP contribution in [0.2, 0.25) is 0 Å². The molecule has 0 unspecified atom stereocenters. The van der Waals surface area contributed by atoms with E-state index in [2.05, 4.69) is 0 Å². The monoisotopic (exact) mass is 368 g/mol. The molecule has 25 heavy (non-hydrogen) atoms. The van der Waals surface area contributed by atoms with Gasteiger partial charge in [-0.1, -0.05) is 0 Å². The minimum atomic E-state index is -0.527. The van der Waals surface area contributed by atoms with Crippen LogP contribution >= 0.6 is 11.8 Å². The average Bonchev–Trinajstić information content (AvgIpc) is 2.52. The number of nitrogens with zero attached hydrogens (tertiary/aromatic N) is 2. The highest BCUT2D eigenvalue weighted by atomic mass is 32.2. The normalized spacial score (nSPS) is 12.1. The van der Waals surface area contributed by atoms with Crippen molar-refractivity contribution in [2.45, 2.75) is 56.8 Å². The van der Waals surface area contributed by atoms with E-state index >= 15 is 0 Å². The van der Waals surface area contributed by atoms with Crippen LogP contribution in [0.1, 0.15) is 34.6 Å². The van der Waals surface area contributed by atoms with E-state index in [4.69, 9.17) is 4.74 Å². The molecule has 0 spiro atoms. The second-order valence-electron chi connectivity index (χ2n) is 6.11. The van der Waals surface area contributed by atoms with Crippen LogP contribution in [0.4, 0.5) is 5.69 Å². The van der Waals surface area contributed by atoms with E-state index in [9.17, 15) is 19.7 Å². The van der Waals surface area contributed by atoms with Crippen LogP contribution in [-0.2, 0) is 14.3 Å². The lowest BCUT2D eigenvalue weighted by Crippen LogP contribution is -2.44. The van der Waals surface area contributed by atoms with E-state index in [-0.39, 0.29) is 30.3 Å². The van der Waals surface area contributed by atoms with Crippen molar-refractivity contribution in [2.75, 3.05) is 6.61 Å². The first-order valence-corrected chi connectivity index (χ1v) is 8.90. The maximum atomic E-state index is 12.2. The average molecular weight is 368 g/mol. The van der Waals surface area contributed by atoms with E-state index in [1.807, 2.05) is 27.7 Å². The van der Waals surface area contributed by atoms with Gasteiger partial charge in [0.2, 0.25) is 0 Å². The number of thioether (sulfide) groups is 1. The molecular weight excluding hydrogens is 344 g/mol. The summed E-state index contributed by atoms with van der Waals surface area (Å²) in [5.74, 6) is -0.727. The van der Waals surface area contributed by atoms with Gasteiger partial charge in [-0.25, -0.2) is 0 Å². The lowest BCUT2D eigenvalue weighted by atomic mass is 10.2. The molecule has 0 fully saturated rings. The van der Waals surface area contributed by atoms with Gasteiger partial charge >= 0.3 is 5.97 Å². The number of hydrogen-bond acceptors (Lipinski definition) is 6. The molecule has 1 rings (SSSR count). The van der Waals surface area contributed by atoms with Crippen molar-refractivity contribution in [3.63, 3.8) is 0 Å². The molecule has 0 saturated carbocycles. The Kier molecular flexibility index (Phi) is 7.89. The topological polar surface area (TPSA) is 89.8 Å². The maximum absolute atomic E-state index is 12.2. The number of nitro benzene ring substituents is 1. The quantitative estimate of drug-likeness (QED) is 0.303. The van der Waals surface area contributed by atoms with E-state index in [0.717, 1.165) is 0 Å². The summed E-state index contributed by atoms with van der Waals surface area (Å²) in [6.07, 6.45) is 0. The van der Waals surface area contributed by atoms with Crippen molar-refractivity contribution in [3.8, 4) is 0 Å². The summed E-state index contributed by atoms with van der Waals surface area (Å²) < 4.78 is 5.12. The number of ether oxygens (including phenoxy) is 1. The fourth-order valence-electron chi connectivity index (χ4n) is 2.40. The van der Waals surface area contributed by atoms with Gasteiger partial charge in [0, 0.05) is 29.1 Å². The molecule has 0 bridgehead atoms. The smallest absolute Gasteiger partial charge is 0.319 e. The molecule has 0 aliphatic carbocycles. The highest BCUT2D eigenvalue weighted by Crippen LogP contribution is 2.26. The Morgan fingerprint density at radius 3 is 2.08 bits per heavy atom. The van der Waals surface area contributed by atoms with Gasteiger partial charge in [0.05, 0.1) is 4.92 Å². The minimum Gasteiger partial charge on any atom is -0.455 e. The summed E-state index contributed by atoms with van der Waals surface area (Å²) in [6, 6.07) is 5.98. The first kappa shape index (κ1) is 21.0. The Labute approximate surface area is 151 Å². The van der Waals surface area contributed by atoms with Crippen LogP contribution in [0.3, 0.4) is 0 Å². The highest BCUT2D eigenvalue weighted by molar-refractivity contribution is 8.00. The molecule has 8 heteroatoms. The van der Waals surface area contributed by atoms with Crippen molar-refractivity contribution < 1.29 is 19.2 Å². The molecule has 1 aromatic rings. The molecule has 0 aliphatic rings. The van der Waals surface area contributed by atoms with Crippen molar-refractivity contribution in [1.82, 2.24) is 4.90 Å². The third kappa shape index (κ3) is 6.38. The molecule has 0 aliphatic heterocycles. The summed E-state index contributed by atoms with van der Waals surface area (Å²) in [6.45, 7) is 9.01. The first-order valence-electron chi connectivity index (χ1n) is 8.02. The molecule has 1 atom stereocenters. The zero-order valence-corrected chi connectivity index (χ0v) is 15.9. The molecule has 0 aromatic heterocycles. The lowest BCUT2D eigenvalue weighted by Gasteiger charge is -2.30. The third-order valence-corrected chi connectivity index (χ3v) is 4.52. The molecule has 0 N–H and O–H groups in total. The fraction of sp³-hybridized carbons (Fsp3) is 0.529. The lowest BCUT2D eigenvalue weighted by molar-refractivity contribution is -0.384. The zero-order valence-electron chi connectivity index (χ0n) is 15.1. The van der Waals surface area contributed by atoms with Gasteiger partial charge in [-0.15, -0.1) is 11.8 Å². The zero-order chi connectivity index (χ0) is 19.1. The Balaban J connectivity index is 2.56. The molecule has 138 valence electrons. The molecule has 0 heterocycles. The summed E-state index contributed by atoms with van der Waals surface area (Å²) >= 11 is 1.22. The van der Waals surface area contributed by atoms with Gasteiger partial charge in [-0.3, -0.25) is 19.7 Å². The number of non-ortho nitro benzene ring substituents is 1. The fourth-order valence-corrected chi connectivity index (χ4v) is 3.26. The number of rotatable bonds is 8. The molecule has 0 saturated heterocycles. The summed E-state index contributed by atoms with van der Waals surface area (Å²) in [4.78, 5) is 36.8. The molecule has 0 radical (unpaired) electrons. The van der Waals surface area contributed by atoms with Gasteiger partial charge in [-0.2, -0.15) is 0 Å². The second kappa shape index (κ2) is 9.41.